The van der Waals surface area contributed by atoms with Crippen LogP contribution in [0.15, 0.2) is 121 Å². The van der Waals surface area contributed by atoms with Crippen LogP contribution in [0.2, 0.25) is 0 Å². The molecular weight excluding hydrogens is 476 g/mol. The quantitative estimate of drug-likeness (QED) is 0.309. The molecule has 4 nitrogen and oxygen atoms in total. The monoisotopic (exact) mass is 498 g/mol. The lowest BCUT2D eigenvalue weighted by atomic mass is 9.70. The number of para-hydroxylation sites is 1. The van der Waals surface area contributed by atoms with E-state index in [4.69, 9.17) is 9.97 Å². The smallest absolute Gasteiger partial charge is 0.137 e. The van der Waals surface area contributed by atoms with Crippen LogP contribution < -0.4 is 10.4 Å². The summed E-state index contributed by atoms with van der Waals surface area (Å²) in [5.41, 5.74) is 9.02. The van der Waals surface area contributed by atoms with Crippen LogP contribution in [0.25, 0.3) is 38.7 Å². The summed E-state index contributed by atoms with van der Waals surface area (Å²) in [4.78, 5) is 10.4. The van der Waals surface area contributed by atoms with Gasteiger partial charge in [-0.25, -0.2) is 9.97 Å². The van der Waals surface area contributed by atoms with E-state index in [-0.39, 0.29) is 11.8 Å². The molecule has 0 saturated carbocycles. The molecule has 0 N–H and O–H groups in total. The molecule has 0 aliphatic heterocycles. The number of rotatable bonds is 2. The van der Waals surface area contributed by atoms with Gasteiger partial charge in [-0.1, -0.05) is 85.0 Å². The topological polar surface area (TPSA) is 54.0 Å². The number of pyridine rings is 2. The molecule has 182 valence electrons. The molecular formula is C35H22N4. The van der Waals surface area contributed by atoms with Crippen LogP contribution in [0.1, 0.15) is 16.8 Å². The van der Waals surface area contributed by atoms with Gasteiger partial charge in [-0.3, -0.25) is 4.40 Å². The number of allylic oxidation sites excluding steroid dienone is 4. The summed E-state index contributed by atoms with van der Waals surface area (Å²) in [5, 5.41) is 13.0. The Balaban J connectivity index is 1.59. The van der Waals surface area contributed by atoms with Crippen molar-refractivity contribution in [2.24, 2.45) is 11.8 Å². The van der Waals surface area contributed by atoms with Crippen LogP contribution in [0.3, 0.4) is 0 Å². The average Bonchev–Trinajstić information content (AvgIpc) is 3.40. The van der Waals surface area contributed by atoms with Gasteiger partial charge in [-0.05, 0) is 57.5 Å². The van der Waals surface area contributed by atoms with E-state index in [9.17, 15) is 5.26 Å². The Hall–Kier alpha value is -5.27. The van der Waals surface area contributed by atoms with Gasteiger partial charge in [-0.2, -0.15) is 5.26 Å². The van der Waals surface area contributed by atoms with Gasteiger partial charge in [0.2, 0.25) is 0 Å². The SMILES string of the molecule is N#Cc1cccc(C2=c3ccccc3=C(c3nc4ccccc4c4nc5ccccn5c34)C3C=CC=CC23)c1. The van der Waals surface area contributed by atoms with Crippen molar-refractivity contribution in [3.63, 3.8) is 0 Å². The third kappa shape index (κ3) is 3.17. The van der Waals surface area contributed by atoms with Crippen molar-refractivity contribution in [1.29, 1.82) is 5.26 Å². The van der Waals surface area contributed by atoms with Crippen molar-refractivity contribution in [1.82, 2.24) is 14.4 Å². The van der Waals surface area contributed by atoms with Gasteiger partial charge in [0, 0.05) is 23.4 Å². The van der Waals surface area contributed by atoms with E-state index in [2.05, 4.69) is 95.6 Å². The fourth-order valence-corrected chi connectivity index (χ4v) is 6.40. The zero-order valence-corrected chi connectivity index (χ0v) is 21.0. The first kappa shape index (κ1) is 21.8. The van der Waals surface area contributed by atoms with Gasteiger partial charge >= 0.3 is 0 Å². The molecule has 0 saturated heterocycles. The van der Waals surface area contributed by atoms with E-state index in [0.717, 1.165) is 38.8 Å². The molecule has 2 aliphatic carbocycles. The second kappa shape index (κ2) is 8.37. The maximum atomic E-state index is 9.63. The lowest BCUT2D eigenvalue weighted by Crippen LogP contribution is -2.40. The first-order valence-electron chi connectivity index (χ1n) is 13.2. The summed E-state index contributed by atoms with van der Waals surface area (Å²) in [6, 6.07) is 33.3. The van der Waals surface area contributed by atoms with E-state index < -0.39 is 0 Å². The number of nitriles is 1. The van der Waals surface area contributed by atoms with Crippen LogP contribution in [0.5, 0.6) is 0 Å². The number of fused-ring (bicyclic) bond motifs is 7. The van der Waals surface area contributed by atoms with E-state index in [0.29, 0.717) is 5.56 Å². The summed E-state index contributed by atoms with van der Waals surface area (Å²) in [5.74, 6) is 0.188. The Bertz CT molecular complexity index is 2210. The Labute approximate surface area is 224 Å². The standard InChI is InChI=1S/C35H22N4/c36-21-22-10-9-11-23(20-22)31-24-12-1-3-14-26(24)32(27-15-4-2-13-25(27)31)34-35-33(28-16-5-6-17-29(28)37-34)38-30-18-7-8-19-39(30)35/h1-20,24,26H. The molecule has 2 atom stereocenters. The molecule has 0 fully saturated rings. The van der Waals surface area contributed by atoms with Crippen molar-refractivity contribution in [3.8, 4) is 6.07 Å². The molecule has 4 heteroatoms. The average molecular weight is 499 g/mol. The van der Waals surface area contributed by atoms with Gasteiger partial charge in [0.15, 0.2) is 0 Å². The van der Waals surface area contributed by atoms with Gasteiger partial charge in [-0.15, -0.1) is 0 Å². The molecule has 2 unspecified atom stereocenters. The predicted molar refractivity (Wildman–Crippen MR) is 155 cm³/mol. The normalized spacial score (nSPS) is 17.9. The zero-order valence-electron chi connectivity index (χ0n) is 21.0. The number of nitrogens with zero attached hydrogens (tertiary/aromatic N) is 4. The van der Waals surface area contributed by atoms with E-state index in [1.165, 1.54) is 21.6 Å². The minimum atomic E-state index is 0.0803. The lowest BCUT2D eigenvalue weighted by molar-refractivity contribution is 0.684. The summed E-state index contributed by atoms with van der Waals surface area (Å²) in [6.45, 7) is 0. The van der Waals surface area contributed by atoms with Crippen molar-refractivity contribution in [3.05, 3.63) is 149 Å². The maximum absolute atomic E-state index is 9.63. The highest BCUT2D eigenvalue weighted by molar-refractivity contribution is 6.07. The third-order valence-electron chi connectivity index (χ3n) is 8.01. The zero-order chi connectivity index (χ0) is 25.9. The summed E-state index contributed by atoms with van der Waals surface area (Å²) in [7, 11) is 0. The molecule has 8 rings (SSSR count). The molecule has 0 spiro atoms. The number of benzene rings is 3. The first-order chi connectivity index (χ1) is 19.3. The second-order valence-electron chi connectivity index (χ2n) is 10.1. The molecule has 2 aliphatic rings. The van der Waals surface area contributed by atoms with Gasteiger partial charge in [0.05, 0.1) is 28.4 Å². The molecule has 3 aromatic heterocycles. The van der Waals surface area contributed by atoms with E-state index in [1.54, 1.807) is 0 Å². The molecule has 0 amide bonds. The minimum absolute atomic E-state index is 0.0803. The number of imidazole rings is 1. The van der Waals surface area contributed by atoms with Crippen LogP contribution in [0.4, 0.5) is 0 Å². The highest BCUT2D eigenvalue weighted by atomic mass is 15.0. The Morgan fingerprint density at radius 1 is 0.718 bits per heavy atom. The molecule has 39 heavy (non-hydrogen) atoms. The Kier molecular flexibility index (Phi) is 4.68. The number of hydrogen-bond acceptors (Lipinski definition) is 3. The highest BCUT2D eigenvalue weighted by Gasteiger charge is 2.34. The first-order valence-corrected chi connectivity index (χ1v) is 13.2. The van der Waals surface area contributed by atoms with Crippen molar-refractivity contribution in [2.75, 3.05) is 0 Å². The largest absolute Gasteiger partial charge is 0.298 e. The van der Waals surface area contributed by atoms with Crippen molar-refractivity contribution >= 4 is 38.7 Å². The summed E-state index contributed by atoms with van der Waals surface area (Å²) < 4.78 is 2.17. The highest BCUT2D eigenvalue weighted by Crippen LogP contribution is 2.42. The van der Waals surface area contributed by atoms with Gasteiger partial charge < -0.3 is 0 Å². The lowest BCUT2D eigenvalue weighted by Gasteiger charge is -2.33. The third-order valence-corrected chi connectivity index (χ3v) is 8.01. The fraction of sp³-hybridized carbons (Fsp3) is 0.0571. The van der Waals surface area contributed by atoms with Crippen LogP contribution in [-0.2, 0) is 0 Å². The fourth-order valence-electron chi connectivity index (χ4n) is 6.40. The minimum Gasteiger partial charge on any atom is -0.298 e. The van der Waals surface area contributed by atoms with Crippen LogP contribution in [0, 0.1) is 23.2 Å². The van der Waals surface area contributed by atoms with Gasteiger partial charge in [0.1, 0.15) is 11.2 Å². The Morgan fingerprint density at radius 2 is 1.46 bits per heavy atom. The summed E-state index contributed by atoms with van der Waals surface area (Å²) >= 11 is 0. The molecule has 6 aromatic rings. The molecule has 3 heterocycles. The van der Waals surface area contributed by atoms with Crippen molar-refractivity contribution < 1.29 is 0 Å². The molecule has 3 aromatic carbocycles. The van der Waals surface area contributed by atoms with Crippen molar-refractivity contribution in [2.45, 2.75) is 0 Å². The van der Waals surface area contributed by atoms with Crippen LogP contribution in [-0.4, -0.2) is 14.4 Å². The number of hydrogen-bond donors (Lipinski definition) is 0. The number of aromatic nitrogens is 3. The Morgan fingerprint density at radius 3 is 2.31 bits per heavy atom. The molecule has 0 bridgehead atoms. The summed E-state index contributed by atoms with van der Waals surface area (Å²) in [6.07, 6.45) is 11.0. The van der Waals surface area contributed by atoms with Gasteiger partial charge in [0.25, 0.3) is 0 Å². The maximum Gasteiger partial charge on any atom is 0.137 e. The molecule has 0 radical (unpaired) electrons. The second-order valence-corrected chi connectivity index (χ2v) is 10.1. The van der Waals surface area contributed by atoms with Crippen LogP contribution >= 0.6 is 0 Å². The van der Waals surface area contributed by atoms with E-state index in [1.807, 2.05) is 36.4 Å². The van der Waals surface area contributed by atoms with E-state index >= 15 is 0 Å². The predicted octanol–water partition coefficient (Wildman–Crippen LogP) is 5.68.